The van der Waals surface area contributed by atoms with E-state index < -0.39 is 88.0 Å². The number of carbonyl (C=O) groups excluding carboxylic acids is 6. The van der Waals surface area contributed by atoms with Crippen molar-refractivity contribution >= 4 is 40.6 Å². The SMILES string of the molecule is CC1c2ccc(NC(=O)CNCc3ccccc3)c(O)c2C(=O)C2C(=O)[C@]3(O)C(=O)C(C(N)=O)C(=O)[C@@H](N(C)C)C3C(O)C21. The normalized spacial score (nSPS) is 31.3. The number of carbonyl (C=O) groups is 6. The van der Waals surface area contributed by atoms with Crippen molar-refractivity contribution in [1.29, 1.82) is 0 Å². The molecular weight excluding hydrogens is 572 g/mol. The summed E-state index contributed by atoms with van der Waals surface area (Å²) in [5.41, 5.74) is 3.07. The highest BCUT2D eigenvalue weighted by atomic mass is 16.3. The van der Waals surface area contributed by atoms with Gasteiger partial charge in [0.2, 0.25) is 11.8 Å². The first-order valence-corrected chi connectivity index (χ1v) is 14.2. The molecule has 0 saturated heterocycles. The molecule has 2 fully saturated rings. The lowest BCUT2D eigenvalue weighted by molar-refractivity contribution is -0.196. The van der Waals surface area contributed by atoms with E-state index in [-0.39, 0.29) is 23.4 Å². The Morgan fingerprint density at radius 2 is 1.68 bits per heavy atom. The summed E-state index contributed by atoms with van der Waals surface area (Å²) in [6, 6.07) is 10.8. The van der Waals surface area contributed by atoms with Crippen LogP contribution in [0.1, 0.15) is 34.3 Å². The van der Waals surface area contributed by atoms with Crippen LogP contribution < -0.4 is 16.4 Å². The quantitative estimate of drug-likeness (QED) is 0.168. The third kappa shape index (κ3) is 4.63. The smallest absolute Gasteiger partial charge is 0.238 e. The van der Waals surface area contributed by atoms with Crippen LogP contribution in [0.25, 0.3) is 0 Å². The van der Waals surface area contributed by atoms with E-state index in [1.54, 1.807) is 6.92 Å². The zero-order valence-electron chi connectivity index (χ0n) is 24.3. The van der Waals surface area contributed by atoms with Crippen molar-refractivity contribution < 1.29 is 44.1 Å². The first-order chi connectivity index (χ1) is 20.7. The van der Waals surface area contributed by atoms with Crippen molar-refractivity contribution in [2.75, 3.05) is 26.0 Å². The molecule has 5 rings (SSSR count). The van der Waals surface area contributed by atoms with Crippen LogP contribution >= 0.6 is 0 Å². The maximum absolute atomic E-state index is 14.0. The van der Waals surface area contributed by atoms with Crippen LogP contribution in [0.2, 0.25) is 0 Å². The van der Waals surface area contributed by atoms with E-state index in [0.717, 1.165) is 5.56 Å². The number of nitrogens with two attached hydrogens (primary N) is 1. The van der Waals surface area contributed by atoms with Gasteiger partial charge in [0.05, 0.1) is 41.8 Å². The summed E-state index contributed by atoms with van der Waals surface area (Å²) in [4.78, 5) is 80.8. The Labute approximate surface area is 252 Å². The molecule has 13 nitrogen and oxygen atoms in total. The van der Waals surface area contributed by atoms with Crippen molar-refractivity contribution in [2.45, 2.75) is 37.1 Å². The summed E-state index contributed by atoms with van der Waals surface area (Å²) in [7, 11) is 2.85. The Hall–Kier alpha value is -4.30. The highest BCUT2D eigenvalue weighted by molar-refractivity contribution is 6.32. The highest BCUT2D eigenvalue weighted by Gasteiger charge is 2.72. The number of nitrogens with zero attached hydrogens (tertiary/aromatic N) is 1. The van der Waals surface area contributed by atoms with Crippen LogP contribution in [0.4, 0.5) is 5.69 Å². The average Bonchev–Trinajstić information content (AvgIpc) is 2.96. The lowest BCUT2D eigenvalue weighted by Crippen LogP contribution is -2.77. The van der Waals surface area contributed by atoms with Gasteiger partial charge in [-0.25, -0.2) is 0 Å². The predicted molar refractivity (Wildman–Crippen MR) is 154 cm³/mol. The Morgan fingerprint density at radius 3 is 2.30 bits per heavy atom. The fraction of sp³-hybridized carbons (Fsp3) is 0.419. The molecule has 6 unspecified atom stereocenters. The second-order valence-electron chi connectivity index (χ2n) is 11.9. The lowest BCUT2D eigenvalue weighted by atomic mass is 9.49. The van der Waals surface area contributed by atoms with Crippen LogP contribution in [-0.4, -0.2) is 93.6 Å². The average molecular weight is 607 g/mol. The number of phenols is 1. The minimum atomic E-state index is -3.08. The topological polar surface area (TPSA) is 216 Å². The molecule has 0 aliphatic heterocycles. The Balaban J connectivity index is 1.48. The molecular formula is C31H34N4O9. The molecule has 2 saturated carbocycles. The molecule has 8 atom stereocenters. The zero-order valence-corrected chi connectivity index (χ0v) is 24.3. The molecule has 0 aromatic heterocycles. The summed E-state index contributed by atoms with van der Waals surface area (Å²) in [5, 5.41) is 40.0. The maximum Gasteiger partial charge on any atom is 0.238 e. The van der Waals surface area contributed by atoms with Gasteiger partial charge in [-0.3, -0.25) is 33.7 Å². The third-order valence-corrected chi connectivity index (χ3v) is 9.22. The number of benzene rings is 2. The van der Waals surface area contributed by atoms with Crippen LogP contribution in [0, 0.1) is 23.7 Å². The summed E-state index contributed by atoms with van der Waals surface area (Å²) >= 11 is 0. The Bertz CT molecular complexity index is 1580. The number of rotatable bonds is 7. The Morgan fingerprint density at radius 1 is 1.02 bits per heavy atom. The fourth-order valence-corrected chi connectivity index (χ4v) is 7.20. The van der Waals surface area contributed by atoms with E-state index in [1.165, 1.54) is 31.1 Å². The number of likely N-dealkylation sites (N-methyl/N-ethyl adjacent to an activating group) is 1. The highest BCUT2D eigenvalue weighted by Crippen LogP contribution is 2.55. The number of Topliss-reactive ketones (excluding diaryl/α,β-unsaturated/α-hetero) is 4. The third-order valence-electron chi connectivity index (χ3n) is 9.22. The van der Waals surface area contributed by atoms with Gasteiger partial charge in [-0.1, -0.05) is 43.3 Å². The molecule has 3 aliphatic carbocycles. The fourth-order valence-electron chi connectivity index (χ4n) is 7.20. The van der Waals surface area contributed by atoms with Crippen molar-refractivity contribution in [3.05, 3.63) is 59.2 Å². The number of fused-ring (bicyclic) bond motifs is 3. The molecule has 0 spiro atoms. The molecule has 0 radical (unpaired) electrons. The van der Waals surface area contributed by atoms with Crippen LogP contribution in [0.3, 0.4) is 0 Å². The number of aliphatic hydroxyl groups is 2. The standard InChI is InChI=1S/C31H34N4O9/c1-13-15-9-10-16(34-17(36)12-33-11-14-7-5-4-6-8-14)24(37)19(15)25(38)20-18(13)26(39)22-23(35(2)3)27(40)21(30(32)43)29(42)31(22,44)28(20)41/h4-10,13,18,20-23,26,33,37,39,44H,11-12H2,1-3H3,(H2,32,43)(H,34,36)/t13?,18?,20?,21?,22?,23-,26?,31-/m0/s1. The molecule has 13 heteroatoms. The molecule has 3 aliphatic rings. The number of phenolic OH excluding ortho intramolecular Hbond substituents is 1. The second-order valence-corrected chi connectivity index (χ2v) is 11.9. The lowest BCUT2D eigenvalue weighted by Gasteiger charge is -2.56. The number of primary amides is 1. The first kappa shape index (κ1) is 31.1. The Kier molecular flexibility index (Phi) is 8.01. The van der Waals surface area contributed by atoms with Gasteiger partial charge in [0, 0.05) is 12.5 Å². The van der Waals surface area contributed by atoms with Gasteiger partial charge in [-0.2, -0.15) is 0 Å². The van der Waals surface area contributed by atoms with Gasteiger partial charge in [0.15, 0.2) is 34.7 Å². The summed E-state index contributed by atoms with van der Waals surface area (Å²) in [6.45, 7) is 1.90. The van der Waals surface area contributed by atoms with E-state index >= 15 is 0 Å². The van der Waals surface area contributed by atoms with Crippen LogP contribution in [0.15, 0.2) is 42.5 Å². The number of hydrogen-bond donors (Lipinski definition) is 6. The van der Waals surface area contributed by atoms with E-state index in [9.17, 15) is 44.1 Å². The number of anilines is 1. The predicted octanol–water partition coefficient (Wildman–Crippen LogP) is -0.873. The summed E-state index contributed by atoms with van der Waals surface area (Å²) < 4.78 is 0. The molecule has 232 valence electrons. The number of hydrogen-bond acceptors (Lipinski definition) is 11. The zero-order chi connectivity index (χ0) is 32.2. The van der Waals surface area contributed by atoms with Crippen molar-refractivity contribution in [2.24, 2.45) is 29.4 Å². The van der Waals surface area contributed by atoms with Gasteiger partial charge in [0.25, 0.3) is 0 Å². The molecule has 2 aromatic carbocycles. The van der Waals surface area contributed by atoms with E-state index in [0.29, 0.717) is 6.54 Å². The second kappa shape index (κ2) is 11.3. The number of ketones is 4. The monoisotopic (exact) mass is 606 g/mol. The molecule has 44 heavy (non-hydrogen) atoms. The summed E-state index contributed by atoms with van der Waals surface area (Å²) in [5.74, 6) is -14.8. The molecule has 7 N–H and O–H groups in total. The van der Waals surface area contributed by atoms with Gasteiger partial charge >= 0.3 is 0 Å². The van der Waals surface area contributed by atoms with Gasteiger partial charge < -0.3 is 31.7 Å². The minimum Gasteiger partial charge on any atom is -0.505 e. The van der Waals surface area contributed by atoms with Crippen molar-refractivity contribution in [3.63, 3.8) is 0 Å². The first-order valence-electron chi connectivity index (χ1n) is 14.2. The largest absolute Gasteiger partial charge is 0.505 e. The summed E-state index contributed by atoms with van der Waals surface area (Å²) in [6.07, 6.45) is -1.72. The minimum absolute atomic E-state index is 0.101. The van der Waals surface area contributed by atoms with Crippen LogP contribution in [0.5, 0.6) is 5.75 Å². The van der Waals surface area contributed by atoms with Gasteiger partial charge in [0.1, 0.15) is 5.75 Å². The van der Waals surface area contributed by atoms with E-state index in [4.69, 9.17) is 5.73 Å². The van der Waals surface area contributed by atoms with Crippen LogP contribution in [-0.2, 0) is 30.5 Å². The molecule has 2 aromatic rings. The van der Waals surface area contributed by atoms with E-state index in [1.807, 2.05) is 30.3 Å². The molecule has 2 amide bonds. The number of aromatic hydroxyl groups is 1. The van der Waals surface area contributed by atoms with Gasteiger partial charge in [-0.15, -0.1) is 0 Å². The number of nitrogens with one attached hydrogen (secondary N) is 2. The number of amides is 2. The molecule has 0 bridgehead atoms. The van der Waals surface area contributed by atoms with Crippen molar-refractivity contribution in [1.82, 2.24) is 10.2 Å². The molecule has 0 heterocycles. The maximum atomic E-state index is 14.0. The van der Waals surface area contributed by atoms with Crippen molar-refractivity contribution in [3.8, 4) is 5.75 Å². The number of aliphatic hydroxyl groups excluding tert-OH is 1. The van der Waals surface area contributed by atoms with E-state index in [2.05, 4.69) is 10.6 Å². The van der Waals surface area contributed by atoms with Gasteiger partial charge in [-0.05, 0) is 37.2 Å².